The van der Waals surface area contributed by atoms with Gasteiger partial charge in [0, 0.05) is 19.0 Å². The van der Waals surface area contributed by atoms with Crippen molar-refractivity contribution in [3.05, 3.63) is 0 Å². The average Bonchev–Trinajstić information content (AvgIpc) is 2.47. The Labute approximate surface area is 85.4 Å². The Hall–Kier alpha value is 0.230. The first kappa shape index (κ1) is 9.77. The first-order chi connectivity index (χ1) is 6.27. The Morgan fingerprint density at radius 3 is 3.00 bits per heavy atom. The minimum atomic E-state index is -0.00521. The topological polar surface area (TPSA) is 15.7 Å². The SMILES string of the molecule is CN1CCCC2(C1)OCCN2CS. The van der Waals surface area contributed by atoms with Crippen LogP contribution in [0.5, 0.6) is 0 Å². The Morgan fingerprint density at radius 1 is 1.46 bits per heavy atom. The van der Waals surface area contributed by atoms with E-state index in [1.807, 2.05) is 0 Å². The van der Waals surface area contributed by atoms with Crippen LogP contribution < -0.4 is 0 Å². The number of likely N-dealkylation sites (N-methyl/N-ethyl adjacent to an activating group) is 1. The second-order valence-electron chi connectivity index (χ2n) is 4.04. The van der Waals surface area contributed by atoms with Crippen molar-refractivity contribution in [3.63, 3.8) is 0 Å². The molecule has 2 rings (SSSR count). The van der Waals surface area contributed by atoms with E-state index in [1.165, 1.54) is 13.0 Å². The Bertz CT molecular complexity index is 190. The lowest BCUT2D eigenvalue weighted by atomic mass is 10.0. The van der Waals surface area contributed by atoms with E-state index in [4.69, 9.17) is 4.74 Å². The fraction of sp³-hybridized carbons (Fsp3) is 1.00. The third-order valence-corrected chi connectivity index (χ3v) is 3.44. The Morgan fingerprint density at radius 2 is 2.31 bits per heavy atom. The molecule has 0 amide bonds. The highest BCUT2D eigenvalue weighted by Gasteiger charge is 2.43. The quantitative estimate of drug-likeness (QED) is 0.628. The molecule has 0 aromatic carbocycles. The predicted molar refractivity (Wildman–Crippen MR) is 56.0 cm³/mol. The van der Waals surface area contributed by atoms with E-state index in [9.17, 15) is 0 Å². The molecule has 0 aromatic heterocycles. The van der Waals surface area contributed by atoms with E-state index in [0.717, 1.165) is 32.0 Å². The highest BCUT2D eigenvalue weighted by atomic mass is 32.1. The monoisotopic (exact) mass is 202 g/mol. The van der Waals surface area contributed by atoms with Crippen molar-refractivity contribution in [2.24, 2.45) is 0 Å². The van der Waals surface area contributed by atoms with E-state index < -0.39 is 0 Å². The fourth-order valence-corrected chi connectivity index (χ4v) is 2.82. The minimum Gasteiger partial charge on any atom is -0.358 e. The second kappa shape index (κ2) is 3.77. The van der Waals surface area contributed by atoms with Crippen molar-refractivity contribution < 1.29 is 4.74 Å². The van der Waals surface area contributed by atoms with Crippen LogP contribution in [0.15, 0.2) is 0 Å². The van der Waals surface area contributed by atoms with Gasteiger partial charge in [0.1, 0.15) is 5.72 Å². The van der Waals surface area contributed by atoms with Crippen LogP contribution in [0.4, 0.5) is 0 Å². The molecule has 1 atom stereocenters. The summed E-state index contributed by atoms with van der Waals surface area (Å²) in [5.41, 5.74) is -0.00521. The number of thiol groups is 1. The zero-order valence-electron chi connectivity index (χ0n) is 8.20. The van der Waals surface area contributed by atoms with E-state index in [2.05, 4.69) is 29.5 Å². The van der Waals surface area contributed by atoms with Crippen molar-refractivity contribution in [2.75, 3.05) is 39.2 Å². The maximum Gasteiger partial charge on any atom is 0.135 e. The van der Waals surface area contributed by atoms with Crippen LogP contribution in [0, 0.1) is 0 Å². The molecule has 76 valence electrons. The van der Waals surface area contributed by atoms with Crippen LogP contribution in [-0.4, -0.2) is 54.7 Å². The van der Waals surface area contributed by atoms with Gasteiger partial charge in [-0.05, 0) is 26.4 Å². The molecule has 2 aliphatic rings. The van der Waals surface area contributed by atoms with Gasteiger partial charge in [0.2, 0.25) is 0 Å². The Kier molecular flexibility index (Phi) is 2.83. The van der Waals surface area contributed by atoms with E-state index in [-0.39, 0.29) is 5.72 Å². The summed E-state index contributed by atoms with van der Waals surface area (Å²) in [5, 5.41) is 0. The predicted octanol–water partition coefficient (Wildman–Crippen LogP) is 0.628. The first-order valence-corrected chi connectivity index (χ1v) is 5.58. The van der Waals surface area contributed by atoms with Gasteiger partial charge in [-0.25, -0.2) is 0 Å². The maximum absolute atomic E-state index is 5.89. The molecular weight excluding hydrogens is 184 g/mol. The summed E-state index contributed by atoms with van der Waals surface area (Å²) in [7, 11) is 2.17. The van der Waals surface area contributed by atoms with Crippen molar-refractivity contribution in [3.8, 4) is 0 Å². The molecule has 0 N–H and O–H groups in total. The largest absolute Gasteiger partial charge is 0.358 e. The molecule has 0 aromatic rings. The number of hydrogen-bond acceptors (Lipinski definition) is 4. The van der Waals surface area contributed by atoms with Crippen LogP contribution in [0.25, 0.3) is 0 Å². The van der Waals surface area contributed by atoms with Crippen molar-refractivity contribution >= 4 is 12.6 Å². The molecule has 4 heteroatoms. The number of rotatable bonds is 1. The molecule has 0 bridgehead atoms. The van der Waals surface area contributed by atoms with Crippen LogP contribution in [0.1, 0.15) is 12.8 Å². The second-order valence-corrected chi connectivity index (χ2v) is 4.32. The summed E-state index contributed by atoms with van der Waals surface area (Å²) in [6, 6.07) is 0. The molecule has 0 saturated carbocycles. The standard InChI is InChI=1S/C9H18N2OS/c1-10-4-2-3-9(7-10)11(8-13)5-6-12-9/h13H,2-8H2,1H3. The van der Waals surface area contributed by atoms with E-state index >= 15 is 0 Å². The molecule has 2 saturated heterocycles. The van der Waals surface area contributed by atoms with Crippen molar-refractivity contribution in [1.82, 2.24) is 9.80 Å². The molecule has 2 heterocycles. The number of piperidine rings is 1. The molecule has 0 aliphatic carbocycles. The lowest BCUT2D eigenvalue weighted by Crippen LogP contribution is -2.55. The number of hydrogen-bond donors (Lipinski definition) is 1. The van der Waals surface area contributed by atoms with Gasteiger partial charge in [0.05, 0.1) is 6.61 Å². The van der Waals surface area contributed by atoms with Gasteiger partial charge in [0.15, 0.2) is 0 Å². The van der Waals surface area contributed by atoms with E-state index in [0.29, 0.717) is 0 Å². The normalized spacial score (nSPS) is 37.4. The molecular formula is C9H18N2OS. The minimum absolute atomic E-state index is 0.00521. The van der Waals surface area contributed by atoms with Gasteiger partial charge in [-0.3, -0.25) is 4.90 Å². The molecule has 2 fully saturated rings. The van der Waals surface area contributed by atoms with Crippen molar-refractivity contribution in [1.29, 1.82) is 0 Å². The summed E-state index contributed by atoms with van der Waals surface area (Å²) < 4.78 is 5.89. The van der Waals surface area contributed by atoms with E-state index in [1.54, 1.807) is 0 Å². The zero-order chi connectivity index (χ0) is 9.31. The van der Waals surface area contributed by atoms with Crippen LogP contribution in [-0.2, 0) is 4.74 Å². The lowest BCUT2D eigenvalue weighted by molar-refractivity contribution is -0.114. The van der Waals surface area contributed by atoms with Gasteiger partial charge < -0.3 is 9.64 Å². The average molecular weight is 202 g/mol. The molecule has 13 heavy (non-hydrogen) atoms. The molecule has 3 nitrogen and oxygen atoms in total. The maximum atomic E-state index is 5.89. The summed E-state index contributed by atoms with van der Waals surface area (Å²) in [5.74, 6) is 0.813. The summed E-state index contributed by atoms with van der Waals surface area (Å²) in [6.07, 6.45) is 2.40. The molecule has 2 aliphatic heterocycles. The Balaban J connectivity index is 2.08. The molecule has 1 spiro atoms. The van der Waals surface area contributed by atoms with Gasteiger partial charge in [0.25, 0.3) is 0 Å². The summed E-state index contributed by atoms with van der Waals surface area (Å²) >= 11 is 4.36. The number of ether oxygens (including phenoxy) is 1. The molecule has 1 unspecified atom stereocenters. The smallest absolute Gasteiger partial charge is 0.135 e. The van der Waals surface area contributed by atoms with Crippen LogP contribution in [0.3, 0.4) is 0 Å². The highest BCUT2D eigenvalue weighted by molar-refractivity contribution is 7.80. The summed E-state index contributed by atoms with van der Waals surface area (Å²) in [4.78, 5) is 4.71. The molecule has 0 radical (unpaired) electrons. The first-order valence-electron chi connectivity index (χ1n) is 4.95. The van der Waals surface area contributed by atoms with Gasteiger partial charge in [-0.15, -0.1) is 0 Å². The number of likely N-dealkylation sites (tertiary alicyclic amines) is 1. The van der Waals surface area contributed by atoms with Crippen LogP contribution in [0.2, 0.25) is 0 Å². The number of nitrogens with zero attached hydrogens (tertiary/aromatic N) is 2. The van der Waals surface area contributed by atoms with Gasteiger partial charge in [-0.1, -0.05) is 0 Å². The third kappa shape index (κ3) is 1.73. The van der Waals surface area contributed by atoms with Gasteiger partial charge in [-0.2, -0.15) is 12.6 Å². The summed E-state index contributed by atoms with van der Waals surface area (Å²) in [6.45, 7) is 4.14. The lowest BCUT2D eigenvalue weighted by Gasteiger charge is -2.42. The third-order valence-electron chi connectivity index (χ3n) is 3.10. The van der Waals surface area contributed by atoms with Crippen molar-refractivity contribution in [2.45, 2.75) is 18.6 Å². The van der Waals surface area contributed by atoms with Crippen LogP contribution >= 0.6 is 12.6 Å². The zero-order valence-corrected chi connectivity index (χ0v) is 9.09. The highest BCUT2D eigenvalue weighted by Crippen LogP contribution is 2.32. The fourth-order valence-electron chi connectivity index (χ4n) is 2.42. The van der Waals surface area contributed by atoms with Gasteiger partial charge >= 0.3 is 0 Å².